The second-order valence-corrected chi connectivity index (χ2v) is 2.10. The van der Waals surface area contributed by atoms with Crippen LogP contribution in [0.1, 0.15) is 19.3 Å². The van der Waals surface area contributed by atoms with E-state index in [4.69, 9.17) is 5.73 Å². The van der Waals surface area contributed by atoms with Gasteiger partial charge in [0, 0.05) is 13.5 Å². The largest absolute Gasteiger partial charge is 0.359 e. The highest BCUT2D eigenvalue weighted by Crippen LogP contribution is 1.96. The molecule has 0 unspecified atom stereocenters. The van der Waals surface area contributed by atoms with Gasteiger partial charge < -0.3 is 11.1 Å². The summed E-state index contributed by atoms with van der Waals surface area (Å²) in [5, 5.41) is 2.52. The van der Waals surface area contributed by atoms with Crippen molar-refractivity contribution in [2.75, 3.05) is 13.6 Å². The van der Waals surface area contributed by atoms with E-state index in [1.165, 1.54) is 0 Å². The fourth-order valence-corrected chi connectivity index (χ4v) is 0.624. The predicted molar refractivity (Wildman–Crippen MR) is 41.3 cm³/mol. The number of nitrogens with two attached hydrogens (primary N) is 1. The summed E-state index contributed by atoms with van der Waals surface area (Å²) in [5.41, 5.74) is 5.26. The van der Waals surface area contributed by atoms with Crippen molar-refractivity contribution < 1.29 is 4.79 Å². The first-order valence-electron chi connectivity index (χ1n) is 3.56. The Kier molecular flexibility index (Phi) is 6.18. The predicted octanol–water partition coefficient (Wildman–Crippen LogP) is 0.0657. The normalized spacial score (nSPS) is 9.40. The van der Waals surface area contributed by atoms with Crippen molar-refractivity contribution in [3.63, 3.8) is 0 Å². The first-order valence-corrected chi connectivity index (χ1v) is 3.56. The van der Waals surface area contributed by atoms with Gasteiger partial charge in [-0.2, -0.15) is 0 Å². The fraction of sp³-hybridized carbons (Fsp3) is 0.714. The van der Waals surface area contributed by atoms with Gasteiger partial charge in [-0.05, 0) is 19.4 Å². The van der Waals surface area contributed by atoms with Gasteiger partial charge in [-0.1, -0.05) is 6.42 Å². The molecule has 1 amide bonds. The van der Waals surface area contributed by atoms with E-state index in [9.17, 15) is 4.79 Å². The van der Waals surface area contributed by atoms with E-state index in [0.29, 0.717) is 6.54 Å². The van der Waals surface area contributed by atoms with Gasteiger partial charge in [0.15, 0.2) is 0 Å². The molecular weight excluding hydrogens is 128 g/mol. The number of rotatable bonds is 5. The third kappa shape index (κ3) is 5.56. The molecule has 0 fully saturated rings. The van der Waals surface area contributed by atoms with Crippen molar-refractivity contribution in [3.05, 3.63) is 6.42 Å². The number of hydrogen-bond acceptors (Lipinski definition) is 2. The average molecular weight is 143 g/mol. The summed E-state index contributed by atoms with van der Waals surface area (Å²) in [4.78, 5) is 10.6. The van der Waals surface area contributed by atoms with E-state index in [0.717, 1.165) is 19.3 Å². The van der Waals surface area contributed by atoms with Crippen LogP contribution in [0.2, 0.25) is 0 Å². The third-order valence-electron chi connectivity index (χ3n) is 1.23. The monoisotopic (exact) mass is 143 g/mol. The lowest BCUT2D eigenvalue weighted by Gasteiger charge is -1.97. The van der Waals surface area contributed by atoms with Gasteiger partial charge in [-0.3, -0.25) is 4.79 Å². The van der Waals surface area contributed by atoms with Crippen LogP contribution in [0.15, 0.2) is 0 Å². The lowest BCUT2D eigenvalue weighted by atomic mass is 10.2. The van der Waals surface area contributed by atoms with Crippen LogP contribution < -0.4 is 11.1 Å². The molecule has 0 aromatic heterocycles. The van der Waals surface area contributed by atoms with E-state index >= 15 is 0 Å². The zero-order valence-electron chi connectivity index (χ0n) is 6.39. The SMILES string of the molecule is CNC(=O)[CH]CCCCN. The van der Waals surface area contributed by atoms with Gasteiger partial charge in [0.1, 0.15) is 0 Å². The molecule has 1 radical (unpaired) electrons. The van der Waals surface area contributed by atoms with Crippen molar-refractivity contribution in [2.24, 2.45) is 5.73 Å². The quantitative estimate of drug-likeness (QED) is 0.535. The Hall–Kier alpha value is -0.570. The molecule has 0 aromatic rings. The van der Waals surface area contributed by atoms with Gasteiger partial charge in [0.25, 0.3) is 0 Å². The summed E-state index contributed by atoms with van der Waals surface area (Å²) in [5.74, 6) is -0.00276. The van der Waals surface area contributed by atoms with Gasteiger partial charge in [0.05, 0.1) is 0 Å². The molecule has 0 heterocycles. The fourth-order valence-electron chi connectivity index (χ4n) is 0.624. The molecule has 0 bridgehead atoms. The number of nitrogens with one attached hydrogen (secondary N) is 1. The minimum atomic E-state index is -0.00276. The van der Waals surface area contributed by atoms with Crippen molar-refractivity contribution in [1.29, 1.82) is 0 Å². The summed E-state index contributed by atoms with van der Waals surface area (Å²) in [7, 11) is 1.63. The van der Waals surface area contributed by atoms with Crippen LogP contribution in [0.5, 0.6) is 0 Å². The van der Waals surface area contributed by atoms with E-state index in [-0.39, 0.29) is 5.91 Å². The molecule has 3 heteroatoms. The molecule has 0 rings (SSSR count). The van der Waals surface area contributed by atoms with Gasteiger partial charge in [-0.15, -0.1) is 0 Å². The summed E-state index contributed by atoms with van der Waals surface area (Å²) in [6.45, 7) is 0.710. The second-order valence-electron chi connectivity index (χ2n) is 2.10. The minimum Gasteiger partial charge on any atom is -0.359 e. The summed E-state index contributed by atoms with van der Waals surface area (Å²) in [6.07, 6.45) is 4.48. The lowest BCUT2D eigenvalue weighted by molar-refractivity contribution is -0.117. The molecule has 10 heavy (non-hydrogen) atoms. The van der Waals surface area contributed by atoms with Crippen LogP contribution in [-0.4, -0.2) is 19.5 Å². The van der Waals surface area contributed by atoms with Crippen LogP contribution >= 0.6 is 0 Å². The molecule has 0 atom stereocenters. The van der Waals surface area contributed by atoms with Crippen LogP contribution in [0.25, 0.3) is 0 Å². The molecule has 0 aliphatic rings. The Morgan fingerprint density at radius 1 is 1.60 bits per heavy atom. The highest BCUT2D eigenvalue weighted by Gasteiger charge is 1.95. The van der Waals surface area contributed by atoms with E-state index in [1.54, 1.807) is 13.5 Å². The lowest BCUT2D eigenvalue weighted by Crippen LogP contribution is -2.17. The van der Waals surface area contributed by atoms with Crippen LogP contribution in [0, 0.1) is 6.42 Å². The first-order chi connectivity index (χ1) is 4.81. The zero-order chi connectivity index (χ0) is 7.82. The summed E-state index contributed by atoms with van der Waals surface area (Å²) >= 11 is 0. The Balaban J connectivity index is 2.96. The molecule has 59 valence electrons. The number of unbranched alkanes of at least 4 members (excludes halogenated alkanes) is 2. The Bertz CT molecular complexity index is 93.6. The van der Waals surface area contributed by atoms with Gasteiger partial charge in [-0.25, -0.2) is 0 Å². The molecule has 0 aromatic carbocycles. The first kappa shape index (κ1) is 9.43. The maximum absolute atomic E-state index is 10.6. The number of carbonyl (C=O) groups is 1. The number of carbonyl (C=O) groups excluding carboxylic acids is 1. The topological polar surface area (TPSA) is 55.1 Å². The van der Waals surface area contributed by atoms with Gasteiger partial charge >= 0.3 is 0 Å². The van der Waals surface area contributed by atoms with E-state index < -0.39 is 0 Å². The Labute approximate surface area is 62.0 Å². The highest BCUT2D eigenvalue weighted by atomic mass is 16.1. The maximum Gasteiger partial charge on any atom is 0.223 e. The van der Waals surface area contributed by atoms with E-state index in [2.05, 4.69) is 5.32 Å². The van der Waals surface area contributed by atoms with Crippen molar-refractivity contribution in [3.8, 4) is 0 Å². The van der Waals surface area contributed by atoms with Crippen molar-refractivity contribution >= 4 is 5.91 Å². The molecule has 0 aliphatic heterocycles. The zero-order valence-corrected chi connectivity index (χ0v) is 6.39. The standard InChI is InChI=1S/C7H15N2O/c1-9-7(10)5-3-2-4-6-8/h5H,2-4,6,8H2,1H3,(H,9,10). The Morgan fingerprint density at radius 2 is 2.30 bits per heavy atom. The van der Waals surface area contributed by atoms with Crippen molar-refractivity contribution in [1.82, 2.24) is 5.32 Å². The third-order valence-corrected chi connectivity index (χ3v) is 1.23. The molecule has 3 N–H and O–H groups in total. The van der Waals surface area contributed by atoms with Crippen LogP contribution in [-0.2, 0) is 4.79 Å². The summed E-state index contributed by atoms with van der Waals surface area (Å²) in [6, 6.07) is 0. The van der Waals surface area contributed by atoms with Crippen LogP contribution in [0.3, 0.4) is 0 Å². The average Bonchev–Trinajstić information content (AvgIpc) is 1.98. The Morgan fingerprint density at radius 3 is 2.80 bits per heavy atom. The van der Waals surface area contributed by atoms with Gasteiger partial charge in [0.2, 0.25) is 5.91 Å². The molecule has 3 nitrogen and oxygen atoms in total. The number of amides is 1. The minimum absolute atomic E-state index is 0.00276. The van der Waals surface area contributed by atoms with E-state index in [1.807, 2.05) is 0 Å². The highest BCUT2D eigenvalue weighted by molar-refractivity contribution is 5.84. The molecule has 0 saturated carbocycles. The molecule has 0 spiro atoms. The molecular formula is C7H15N2O. The molecule has 0 saturated heterocycles. The number of hydrogen-bond donors (Lipinski definition) is 2. The summed E-state index contributed by atoms with van der Waals surface area (Å²) < 4.78 is 0. The smallest absolute Gasteiger partial charge is 0.223 e. The second kappa shape index (κ2) is 6.55. The molecule has 0 aliphatic carbocycles. The van der Waals surface area contributed by atoms with Crippen LogP contribution in [0.4, 0.5) is 0 Å². The maximum atomic E-state index is 10.6. The van der Waals surface area contributed by atoms with Crippen molar-refractivity contribution in [2.45, 2.75) is 19.3 Å².